The van der Waals surface area contributed by atoms with Crippen molar-refractivity contribution in [3.8, 4) is 5.75 Å². The summed E-state index contributed by atoms with van der Waals surface area (Å²) < 4.78 is 10.8. The van der Waals surface area contributed by atoms with Gasteiger partial charge < -0.3 is 19.7 Å². The van der Waals surface area contributed by atoms with Crippen LogP contribution in [0.4, 0.5) is 0 Å². The van der Waals surface area contributed by atoms with Crippen molar-refractivity contribution in [2.45, 2.75) is 19.6 Å². The van der Waals surface area contributed by atoms with Crippen LogP contribution in [0.1, 0.15) is 12.5 Å². The molecule has 0 fully saturated rings. The first-order chi connectivity index (χ1) is 9.56. The van der Waals surface area contributed by atoms with Crippen molar-refractivity contribution >= 4 is 5.91 Å². The molecule has 0 aliphatic rings. The highest BCUT2D eigenvalue weighted by molar-refractivity contribution is 5.80. The Balaban J connectivity index is 2.63. The van der Waals surface area contributed by atoms with Crippen molar-refractivity contribution in [2.24, 2.45) is 0 Å². The number of carbonyl (C=O) groups is 1. The van der Waals surface area contributed by atoms with E-state index in [4.69, 9.17) is 9.47 Å². The Hall–Kier alpha value is -1.59. The first-order valence-electron chi connectivity index (χ1n) is 6.71. The van der Waals surface area contributed by atoms with Crippen LogP contribution in [0.25, 0.3) is 0 Å². The van der Waals surface area contributed by atoms with Gasteiger partial charge in [-0.2, -0.15) is 0 Å². The van der Waals surface area contributed by atoms with Gasteiger partial charge in [-0.05, 0) is 13.0 Å². The number of para-hydroxylation sites is 1. The average Bonchev–Trinajstić information content (AvgIpc) is 2.44. The number of nitrogens with one attached hydrogen (secondary N) is 1. The third-order valence-electron chi connectivity index (χ3n) is 2.86. The molecule has 5 heteroatoms. The van der Waals surface area contributed by atoms with Gasteiger partial charge in [0.15, 0.2) is 6.10 Å². The van der Waals surface area contributed by atoms with Gasteiger partial charge in [-0.3, -0.25) is 4.79 Å². The number of hydrogen-bond acceptors (Lipinski definition) is 4. The van der Waals surface area contributed by atoms with Crippen LogP contribution in [0.15, 0.2) is 24.3 Å². The molecule has 0 bridgehead atoms. The topological polar surface area (TPSA) is 50.8 Å². The minimum atomic E-state index is -0.495. The monoisotopic (exact) mass is 280 g/mol. The summed E-state index contributed by atoms with van der Waals surface area (Å²) in [6.45, 7) is 3.88. The molecule has 5 nitrogen and oxygen atoms in total. The summed E-state index contributed by atoms with van der Waals surface area (Å²) in [6.07, 6.45) is -0.495. The van der Waals surface area contributed by atoms with E-state index in [1.54, 1.807) is 28.1 Å². The third kappa shape index (κ3) is 5.19. The molecule has 0 aliphatic heterocycles. The van der Waals surface area contributed by atoms with E-state index in [0.717, 1.165) is 17.9 Å². The zero-order valence-corrected chi connectivity index (χ0v) is 12.7. The van der Waals surface area contributed by atoms with Gasteiger partial charge in [-0.1, -0.05) is 18.2 Å². The molecular weight excluding hydrogens is 256 g/mol. The predicted octanol–water partition coefficient (Wildman–Crippen LogP) is 1.28. The van der Waals surface area contributed by atoms with Crippen molar-refractivity contribution in [1.29, 1.82) is 0 Å². The molecule has 1 aromatic rings. The Bertz CT molecular complexity index is 421. The van der Waals surface area contributed by atoms with E-state index < -0.39 is 6.10 Å². The summed E-state index contributed by atoms with van der Waals surface area (Å²) in [5, 5.41) is 3.27. The maximum atomic E-state index is 11.8. The van der Waals surface area contributed by atoms with Crippen LogP contribution in [0, 0.1) is 0 Å². The summed E-state index contributed by atoms with van der Waals surface area (Å²) in [7, 11) is 5.12. The second-order valence-electron chi connectivity index (χ2n) is 4.77. The lowest BCUT2D eigenvalue weighted by Gasteiger charge is -2.20. The van der Waals surface area contributed by atoms with Gasteiger partial charge in [0.1, 0.15) is 5.75 Å². The van der Waals surface area contributed by atoms with Gasteiger partial charge >= 0.3 is 0 Å². The van der Waals surface area contributed by atoms with Crippen molar-refractivity contribution in [3.63, 3.8) is 0 Å². The lowest BCUT2D eigenvalue weighted by molar-refractivity contribution is -0.135. The maximum Gasteiger partial charge on any atom is 0.262 e. The lowest BCUT2D eigenvalue weighted by atomic mass is 10.2. The Kier molecular flexibility index (Phi) is 7.04. The standard InChI is InChI=1S/C15H24N2O3/c1-12(15(18)17(2)3)20-14-8-6-5-7-13(14)11-16-9-10-19-4/h5-8,12,16H,9-11H2,1-4H3. The molecule has 0 radical (unpaired) electrons. The molecule has 0 saturated heterocycles. The number of rotatable bonds is 8. The van der Waals surface area contributed by atoms with E-state index in [1.807, 2.05) is 24.3 Å². The zero-order chi connectivity index (χ0) is 15.0. The molecule has 20 heavy (non-hydrogen) atoms. The number of carbonyl (C=O) groups excluding carboxylic acids is 1. The molecule has 1 unspecified atom stereocenters. The number of amides is 1. The van der Waals surface area contributed by atoms with E-state index in [0.29, 0.717) is 13.2 Å². The van der Waals surface area contributed by atoms with E-state index in [-0.39, 0.29) is 5.91 Å². The molecule has 0 spiro atoms. The Morgan fingerprint density at radius 3 is 2.70 bits per heavy atom. The first kappa shape index (κ1) is 16.5. The molecular formula is C15H24N2O3. The summed E-state index contributed by atoms with van der Waals surface area (Å²) >= 11 is 0. The van der Waals surface area contributed by atoms with Crippen LogP contribution in [0.5, 0.6) is 5.75 Å². The minimum absolute atomic E-state index is 0.0489. The highest BCUT2D eigenvalue weighted by Crippen LogP contribution is 2.19. The second kappa shape index (κ2) is 8.55. The van der Waals surface area contributed by atoms with Gasteiger partial charge in [-0.15, -0.1) is 0 Å². The first-order valence-corrected chi connectivity index (χ1v) is 6.71. The second-order valence-corrected chi connectivity index (χ2v) is 4.77. The maximum absolute atomic E-state index is 11.8. The van der Waals surface area contributed by atoms with Crippen molar-refractivity contribution < 1.29 is 14.3 Å². The molecule has 112 valence electrons. The predicted molar refractivity (Wildman–Crippen MR) is 78.8 cm³/mol. The number of nitrogens with zero attached hydrogens (tertiary/aromatic N) is 1. The van der Waals surface area contributed by atoms with Crippen LogP contribution < -0.4 is 10.1 Å². The fourth-order valence-electron chi connectivity index (χ4n) is 1.77. The zero-order valence-electron chi connectivity index (χ0n) is 12.7. The highest BCUT2D eigenvalue weighted by atomic mass is 16.5. The Morgan fingerprint density at radius 2 is 2.05 bits per heavy atom. The normalized spacial score (nSPS) is 12.0. The van der Waals surface area contributed by atoms with Crippen LogP contribution >= 0.6 is 0 Å². The summed E-state index contributed by atoms with van der Waals surface area (Å²) in [6, 6.07) is 7.73. The summed E-state index contributed by atoms with van der Waals surface area (Å²) in [5.74, 6) is 0.687. The number of ether oxygens (including phenoxy) is 2. The number of likely N-dealkylation sites (N-methyl/N-ethyl adjacent to an activating group) is 1. The van der Waals surface area contributed by atoms with Crippen LogP contribution in [-0.2, 0) is 16.1 Å². The van der Waals surface area contributed by atoms with E-state index >= 15 is 0 Å². The largest absolute Gasteiger partial charge is 0.481 e. The van der Waals surface area contributed by atoms with E-state index in [1.165, 1.54) is 4.90 Å². The fourth-order valence-corrected chi connectivity index (χ4v) is 1.77. The quantitative estimate of drug-likeness (QED) is 0.729. The van der Waals surface area contributed by atoms with Crippen LogP contribution in [0.3, 0.4) is 0 Å². The molecule has 1 aromatic carbocycles. The van der Waals surface area contributed by atoms with E-state index in [2.05, 4.69) is 5.32 Å². The van der Waals surface area contributed by atoms with Crippen LogP contribution in [0.2, 0.25) is 0 Å². The average molecular weight is 280 g/mol. The van der Waals surface area contributed by atoms with E-state index in [9.17, 15) is 4.79 Å². The minimum Gasteiger partial charge on any atom is -0.481 e. The number of hydrogen-bond donors (Lipinski definition) is 1. The van der Waals surface area contributed by atoms with Gasteiger partial charge in [0, 0.05) is 39.9 Å². The van der Waals surface area contributed by atoms with Gasteiger partial charge in [0.2, 0.25) is 0 Å². The molecule has 1 atom stereocenters. The molecule has 1 amide bonds. The smallest absolute Gasteiger partial charge is 0.262 e. The summed E-state index contributed by atoms with van der Waals surface area (Å²) in [5.41, 5.74) is 1.03. The molecule has 1 N–H and O–H groups in total. The van der Waals surface area contributed by atoms with Crippen LogP contribution in [-0.4, -0.2) is 51.3 Å². The lowest BCUT2D eigenvalue weighted by Crippen LogP contribution is -2.35. The molecule has 0 heterocycles. The Labute approximate surface area is 120 Å². The Morgan fingerprint density at radius 1 is 1.35 bits per heavy atom. The SMILES string of the molecule is COCCNCc1ccccc1OC(C)C(=O)N(C)C. The summed E-state index contributed by atoms with van der Waals surface area (Å²) in [4.78, 5) is 13.4. The third-order valence-corrected chi connectivity index (χ3v) is 2.86. The van der Waals surface area contributed by atoms with Gasteiger partial charge in [-0.25, -0.2) is 0 Å². The van der Waals surface area contributed by atoms with Crippen molar-refractivity contribution in [3.05, 3.63) is 29.8 Å². The van der Waals surface area contributed by atoms with Gasteiger partial charge in [0.25, 0.3) is 5.91 Å². The van der Waals surface area contributed by atoms with Crippen molar-refractivity contribution in [1.82, 2.24) is 10.2 Å². The molecule has 0 aromatic heterocycles. The number of benzene rings is 1. The number of methoxy groups -OCH3 is 1. The molecule has 0 saturated carbocycles. The van der Waals surface area contributed by atoms with Crippen molar-refractivity contribution in [2.75, 3.05) is 34.4 Å². The molecule has 0 aliphatic carbocycles. The fraction of sp³-hybridized carbons (Fsp3) is 0.533. The molecule has 1 rings (SSSR count). The van der Waals surface area contributed by atoms with Gasteiger partial charge in [0.05, 0.1) is 6.61 Å². The highest BCUT2D eigenvalue weighted by Gasteiger charge is 2.17.